The van der Waals surface area contributed by atoms with Crippen LogP contribution >= 0.6 is 0 Å². The zero-order valence-corrected chi connectivity index (χ0v) is 13.6. The molecular weight excluding hydrogens is 300 g/mol. The third-order valence-electron chi connectivity index (χ3n) is 4.53. The van der Waals surface area contributed by atoms with E-state index in [-0.39, 0.29) is 30.7 Å². The molecule has 1 aliphatic carbocycles. The van der Waals surface area contributed by atoms with E-state index < -0.39 is 17.6 Å². The summed E-state index contributed by atoms with van der Waals surface area (Å²) in [5, 5.41) is 7.78. The van der Waals surface area contributed by atoms with Crippen LogP contribution < -0.4 is 16.0 Å². The highest BCUT2D eigenvalue weighted by Gasteiger charge is 2.51. The molecule has 2 aliphatic rings. The number of hydrogen-bond acceptors (Lipinski definition) is 4. The van der Waals surface area contributed by atoms with Gasteiger partial charge in [-0.1, -0.05) is 19.3 Å². The van der Waals surface area contributed by atoms with Crippen molar-refractivity contribution in [3.63, 3.8) is 0 Å². The minimum absolute atomic E-state index is 0.0173. The Hall–Kier alpha value is -2.12. The molecule has 1 heterocycles. The van der Waals surface area contributed by atoms with Crippen molar-refractivity contribution in [2.24, 2.45) is 0 Å². The Labute approximate surface area is 135 Å². The van der Waals surface area contributed by atoms with Crippen molar-refractivity contribution in [2.75, 3.05) is 13.6 Å². The Balaban J connectivity index is 1.88. The van der Waals surface area contributed by atoms with E-state index in [1.807, 2.05) is 0 Å². The Morgan fingerprint density at radius 2 is 1.91 bits per heavy atom. The number of nitrogens with zero attached hydrogens (tertiary/aromatic N) is 1. The van der Waals surface area contributed by atoms with Gasteiger partial charge in [-0.2, -0.15) is 0 Å². The lowest BCUT2D eigenvalue weighted by molar-refractivity contribution is -0.133. The fourth-order valence-corrected chi connectivity index (χ4v) is 3.18. The van der Waals surface area contributed by atoms with Crippen LogP contribution in [0.3, 0.4) is 0 Å². The van der Waals surface area contributed by atoms with Crippen molar-refractivity contribution < 1.29 is 19.2 Å². The summed E-state index contributed by atoms with van der Waals surface area (Å²) in [5.41, 5.74) is -0.763. The zero-order valence-electron chi connectivity index (χ0n) is 13.6. The van der Waals surface area contributed by atoms with Gasteiger partial charge in [0.1, 0.15) is 11.6 Å². The van der Waals surface area contributed by atoms with Crippen LogP contribution in [-0.4, -0.2) is 53.8 Å². The van der Waals surface area contributed by atoms with E-state index in [1.54, 1.807) is 6.92 Å². The maximum atomic E-state index is 12.5. The molecule has 2 fully saturated rings. The predicted molar refractivity (Wildman–Crippen MR) is 82.3 cm³/mol. The Kier molecular flexibility index (Phi) is 5.23. The smallest absolute Gasteiger partial charge is 0.325 e. The highest BCUT2D eigenvalue weighted by Crippen LogP contribution is 2.33. The highest BCUT2D eigenvalue weighted by atomic mass is 16.2. The first-order chi connectivity index (χ1) is 10.9. The van der Waals surface area contributed by atoms with Gasteiger partial charge in [0.25, 0.3) is 5.91 Å². The van der Waals surface area contributed by atoms with E-state index in [9.17, 15) is 19.2 Å². The average molecular weight is 324 g/mol. The molecule has 1 atom stereocenters. The fraction of sp³-hybridized carbons (Fsp3) is 0.733. The number of likely N-dealkylation sites (N-methyl/N-ethyl adjacent to an activating group) is 1. The Bertz CT molecular complexity index is 514. The third-order valence-corrected chi connectivity index (χ3v) is 4.53. The van der Waals surface area contributed by atoms with E-state index in [0.717, 1.165) is 24.2 Å². The molecule has 1 saturated heterocycles. The second-order valence-corrected chi connectivity index (χ2v) is 6.18. The number of carbonyl (C=O) groups excluding carboxylic acids is 4. The minimum Gasteiger partial charge on any atom is -0.357 e. The molecule has 0 aromatic rings. The van der Waals surface area contributed by atoms with Crippen LogP contribution in [0.25, 0.3) is 0 Å². The quantitative estimate of drug-likeness (QED) is 0.613. The summed E-state index contributed by atoms with van der Waals surface area (Å²) < 4.78 is 0. The van der Waals surface area contributed by atoms with Crippen molar-refractivity contribution >= 4 is 23.8 Å². The van der Waals surface area contributed by atoms with Gasteiger partial charge in [-0.25, -0.2) is 4.79 Å². The lowest BCUT2D eigenvalue weighted by atomic mass is 9.82. The maximum absolute atomic E-state index is 12.5. The number of amides is 5. The van der Waals surface area contributed by atoms with Crippen molar-refractivity contribution in [1.82, 2.24) is 20.9 Å². The predicted octanol–water partition coefficient (Wildman–Crippen LogP) is -0.118. The lowest BCUT2D eigenvalue weighted by Gasteiger charge is -2.30. The van der Waals surface area contributed by atoms with Gasteiger partial charge in [-0.15, -0.1) is 0 Å². The van der Waals surface area contributed by atoms with Crippen molar-refractivity contribution in [2.45, 2.75) is 57.0 Å². The second kappa shape index (κ2) is 6.97. The number of rotatable bonds is 5. The van der Waals surface area contributed by atoms with Crippen LogP contribution in [0.1, 0.15) is 45.4 Å². The van der Waals surface area contributed by atoms with Crippen LogP contribution in [0, 0.1) is 0 Å². The van der Waals surface area contributed by atoms with Crippen LogP contribution in [0.4, 0.5) is 4.79 Å². The topological polar surface area (TPSA) is 108 Å². The van der Waals surface area contributed by atoms with Gasteiger partial charge in [0.2, 0.25) is 11.8 Å². The van der Waals surface area contributed by atoms with Crippen LogP contribution in [-0.2, 0) is 14.4 Å². The molecule has 0 unspecified atom stereocenters. The molecule has 8 nitrogen and oxygen atoms in total. The van der Waals surface area contributed by atoms with Gasteiger partial charge in [-0.3, -0.25) is 19.3 Å². The number of carbonyl (C=O) groups is 4. The van der Waals surface area contributed by atoms with Gasteiger partial charge in [0.15, 0.2) is 0 Å². The van der Waals surface area contributed by atoms with E-state index in [0.29, 0.717) is 12.8 Å². The van der Waals surface area contributed by atoms with Crippen molar-refractivity contribution in [3.8, 4) is 0 Å². The van der Waals surface area contributed by atoms with Crippen molar-refractivity contribution in [1.29, 1.82) is 0 Å². The summed E-state index contributed by atoms with van der Waals surface area (Å²) >= 11 is 0. The van der Waals surface area contributed by atoms with Crippen molar-refractivity contribution in [3.05, 3.63) is 0 Å². The average Bonchev–Trinajstić information content (AvgIpc) is 2.75. The minimum atomic E-state index is -0.763. The first kappa shape index (κ1) is 17.2. The molecule has 0 bridgehead atoms. The molecule has 2 rings (SSSR count). The molecule has 3 N–H and O–H groups in total. The molecule has 0 aromatic heterocycles. The summed E-state index contributed by atoms with van der Waals surface area (Å²) in [6.45, 7) is 1.60. The molecule has 5 amide bonds. The second-order valence-electron chi connectivity index (χ2n) is 6.18. The maximum Gasteiger partial charge on any atom is 0.325 e. The molecule has 0 radical (unpaired) electrons. The number of hydrogen-bond donors (Lipinski definition) is 3. The Morgan fingerprint density at radius 3 is 2.52 bits per heavy atom. The third kappa shape index (κ3) is 3.62. The van der Waals surface area contributed by atoms with Gasteiger partial charge in [0, 0.05) is 20.0 Å². The van der Waals surface area contributed by atoms with Crippen LogP contribution in [0.2, 0.25) is 0 Å². The summed E-state index contributed by atoms with van der Waals surface area (Å²) in [5.74, 6) is -0.893. The standard InChI is InChI=1S/C15H24N4O4/c1-10(12(21)16-2)17-11(20)6-9-19-13(22)15(18-14(19)23)7-4-3-5-8-15/h10H,3-9H2,1-2H3,(H,16,21)(H,17,20)(H,18,23)/t10-/m0/s1. The van der Waals surface area contributed by atoms with Gasteiger partial charge >= 0.3 is 6.03 Å². The molecule has 1 saturated carbocycles. The van der Waals surface area contributed by atoms with E-state index >= 15 is 0 Å². The SMILES string of the molecule is CNC(=O)[C@H](C)NC(=O)CCN1C(=O)NC2(CCCCC2)C1=O. The van der Waals surface area contributed by atoms with Crippen LogP contribution in [0.15, 0.2) is 0 Å². The number of nitrogens with one attached hydrogen (secondary N) is 3. The molecule has 128 valence electrons. The first-order valence-electron chi connectivity index (χ1n) is 8.05. The number of urea groups is 1. The fourth-order valence-electron chi connectivity index (χ4n) is 3.18. The van der Waals surface area contributed by atoms with Gasteiger partial charge in [0.05, 0.1) is 0 Å². The Morgan fingerprint density at radius 1 is 1.26 bits per heavy atom. The van der Waals surface area contributed by atoms with E-state index in [4.69, 9.17) is 0 Å². The van der Waals surface area contributed by atoms with Crippen LogP contribution in [0.5, 0.6) is 0 Å². The summed E-state index contributed by atoms with van der Waals surface area (Å²) in [6.07, 6.45) is 4.22. The zero-order chi connectivity index (χ0) is 17.0. The summed E-state index contributed by atoms with van der Waals surface area (Å²) in [7, 11) is 1.49. The van der Waals surface area contributed by atoms with Gasteiger partial charge in [-0.05, 0) is 19.8 Å². The lowest BCUT2D eigenvalue weighted by Crippen LogP contribution is -2.48. The molecule has 8 heteroatoms. The first-order valence-corrected chi connectivity index (χ1v) is 8.05. The normalized spacial score (nSPS) is 21.0. The highest BCUT2D eigenvalue weighted by molar-refractivity contribution is 6.07. The largest absolute Gasteiger partial charge is 0.357 e. The monoisotopic (exact) mass is 324 g/mol. The van der Waals surface area contributed by atoms with E-state index in [1.165, 1.54) is 7.05 Å². The molecule has 0 aromatic carbocycles. The molecular formula is C15H24N4O4. The summed E-state index contributed by atoms with van der Waals surface area (Å²) in [4.78, 5) is 48.9. The summed E-state index contributed by atoms with van der Waals surface area (Å²) in [6, 6.07) is -1.08. The number of imide groups is 1. The molecule has 1 spiro atoms. The molecule has 1 aliphatic heterocycles. The van der Waals surface area contributed by atoms with Gasteiger partial charge < -0.3 is 16.0 Å². The molecule has 23 heavy (non-hydrogen) atoms. The van der Waals surface area contributed by atoms with E-state index in [2.05, 4.69) is 16.0 Å².